The lowest BCUT2D eigenvalue weighted by atomic mass is 10.1. The number of hydrogen-bond acceptors (Lipinski definition) is 8. The van der Waals surface area contributed by atoms with Crippen molar-refractivity contribution in [3.63, 3.8) is 0 Å². The van der Waals surface area contributed by atoms with Crippen molar-refractivity contribution in [2.24, 2.45) is 0 Å². The van der Waals surface area contributed by atoms with Crippen LogP contribution in [-0.2, 0) is 6.18 Å². The van der Waals surface area contributed by atoms with Gasteiger partial charge in [-0.3, -0.25) is 10.1 Å². The van der Waals surface area contributed by atoms with Gasteiger partial charge < -0.3 is 19.1 Å². The summed E-state index contributed by atoms with van der Waals surface area (Å²) in [6.45, 7) is 2.79. The Balaban J connectivity index is 1.33. The molecule has 4 rings (SSSR count). The number of aryl methyl sites for hydroxylation is 1. The summed E-state index contributed by atoms with van der Waals surface area (Å²) in [4.78, 5) is 27.8. The molecule has 0 atom stereocenters. The number of carbonyl (C=O) groups excluding carboxylic acids is 2. The van der Waals surface area contributed by atoms with Crippen molar-refractivity contribution in [3.8, 4) is 5.88 Å². The number of nitrogens with zero attached hydrogens (tertiary/aromatic N) is 5. The summed E-state index contributed by atoms with van der Waals surface area (Å²) in [6.07, 6.45) is -5.43. The highest BCUT2D eigenvalue weighted by Crippen LogP contribution is 2.32. The minimum atomic E-state index is -4.61. The molecule has 1 N–H and O–H groups in total. The third kappa shape index (κ3) is 5.24. The van der Waals surface area contributed by atoms with Gasteiger partial charge >= 0.3 is 12.3 Å². The summed E-state index contributed by atoms with van der Waals surface area (Å²) in [5.74, 6) is 0.473. The molecule has 3 heterocycles. The highest BCUT2D eigenvalue weighted by molar-refractivity contribution is 5.96. The van der Waals surface area contributed by atoms with E-state index in [1.807, 2.05) is 4.90 Å². The van der Waals surface area contributed by atoms with Crippen LogP contribution < -0.4 is 15.0 Å². The summed E-state index contributed by atoms with van der Waals surface area (Å²) in [6, 6.07) is 9.30. The minimum absolute atomic E-state index is 0.0426. The molecule has 0 unspecified atom stereocenters. The Morgan fingerprint density at radius 3 is 2.41 bits per heavy atom. The van der Waals surface area contributed by atoms with E-state index in [2.05, 4.69) is 20.7 Å². The second-order valence-electron chi connectivity index (χ2n) is 7.39. The Morgan fingerprint density at radius 1 is 1.06 bits per heavy atom. The number of piperazine rings is 1. The fourth-order valence-electron chi connectivity index (χ4n) is 3.41. The smallest absolute Gasteiger partial charge is 0.389 e. The summed E-state index contributed by atoms with van der Waals surface area (Å²) in [7, 11) is 0. The molecule has 1 fully saturated rings. The monoisotopic (exact) mass is 476 g/mol. The summed E-state index contributed by atoms with van der Waals surface area (Å²) < 4.78 is 49.6. The van der Waals surface area contributed by atoms with Crippen LogP contribution in [0.4, 0.5) is 29.6 Å². The van der Waals surface area contributed by atoms with E-state index < -0.39 is 23.7 Å². The number of halogens is 3. The van der Waals surface area contributed by atoms with Crippen LogP contribution in [0.1, 0.15) is 21.7 Å². The molecule has 1 saturated heterocycles. The standard InChI is InChI=1S/C21H19F3N6O4/c1-13-12-16(28-34-13)25-20(32)33-18-7-6-17(26-27-18)29-8-10-30(11-9-29)19(31)14-4-2-3-5-15(14)21(22,23)24/h2-7,12H,8-11H2,1H3,(H,25,28,32). The van der Waals surface area contributed by atoms with Gasteiger partial charge in [0.1, 0.15) is 5.76 Å². The summed E-state index contributed by atoms with van der Waals surface area (Å²) in [5.41, 5.74) is -1.32. The molecule has 1 aliphatic rings. The van der Waals surface area contributed by atoms with Crippen LogP contribution in [0.2, 0.25) is 0 Å². The van der Waals surface area contributed by atoms with Crippen molar-refractivity contribution in [2.45, 2.75) is 13.1 Å². The molecule has 13 heteroatoms. The highest BCUT2D eigenvalue weighted by atomic mass is 19.4. The van der Waals surface area contributed by atoms with Gasteiger partial charge in [-0.25, -0.2) is 4.79 Å². The third-order valence-electron chi connectivity index (χ3n) is 5.04. The predicted octanol–water partition coefficient (Wildman–Crippen LogP) is 3.37. The minimum Gasteiger partial charge on any atom is -0.389 e. The number of ether oxygens (including phenoxy) is 1. The maximum absolute atomic E-state index is 13.2. The van der Waals surface area contributed by atoms with Gasteiger partial charge in [0.15, 0.2) is 11.6 Å². The number of hydrogen-bond donors (Lipinski definition) is 1. The van der Waals surface area contributed by atoms with Crippen LogP contribution in [0, 0.1) is 6.92 Å². The van der Waals surface area contributed by atoms with E-state index in [1.165, 1.54) is 35.2 Å². The van der Waals surface area contributed by atoms with Crippen molar-refractivity contribution in [3.05, 3.63) is 59.4 Å². The molecule has 10 nitrogen and oxygen atoms in total. The van der Waals surface area contributed by atoms with E-state index in [0.717, 1.165) is 6.07 Å². The molecule has 3 aromatic rings. The third-order valence-corrected chi connectivity index (χ3v) is 5.04. The van der Waals surface area contributed by atoms with Crippen LogP contribution in [0.3, 0.4) is 0 Å². The van der Waals surface area contributed by atoms with Crippen molar-refractivity contribution >= 4 is 23.6 Å². The number of amides is 2. The maximum Gasteiger partial charge on any atom is 0.419 e. The SMILES string of the molecule is Cc1cc(NC(=O)Oc2ccc(N3CCN(C(=O)c4ccccc4C(F)(F)F)CC3)nn2)no1. The first-order valence-electron chi connectivity index (χ1n) is 10.2. The Kier molecular flexibility index (Phi) is 6.34. The van der Waals surface area contributed by atoms with Crippen molar-refractivity contribution < 1.29 is 32.0 Å². The Hall–Kier alpha value is -4.16. The largest absolute Gasteiger partial charge is 0.419 e. The average Bonchev–Trinajstić information content (AvgIpc) is 3.23. The Labute approximate surface area is 191 Å². The maximum atomic E-state index is 13.2. The van der Waals surface area contributed by atoms with Gasteiger partial charge in [0.25, 0.3) is 5.91 Å². The quantitative estimate of drug-likeness (QED) is 0.610. The number of rotatable bonds is 4. The van der Waals surface area contributed by atoms with Gasteiger partial charge in [-0.05, 0) is 25.1 Å². The first kappa shape index (κ1) is 23.0. The first-order valence-corrected chi connectivity index (χ1v) is 10.2. The molecule has 2 aromatic heterocycles. The van der Waals surface area contributed by atoms with Gasteiger partial charge in [0, 0.05) is 38.3 Å². The second kappa shape index (κ2) is 9.37. The zero-order chi connectivity index (χ0) is 24.3. The van der Waals surface area contributed by atoms with Crippen LogP contribution in [0.5, 0.6) is 5.88 Å². The van der Waals surface area contributed by atoms with E-state index >= 15 is 0 Å². The zero-order valence-corrected chi connectivity index (χ0v) is 17.9. The predicted molar refractivity (Wildman–Crippen MR) is 112 cm³/mol. The van der Waals surface area contributed by atoms with E-state index in [1.54, 1.807) is 13.0 Å². The molecular formula is C21H19F3N6O4. The van der Waals surface area contributed by atoms with Crippen molar-refractivity contribution in [1.29, 1.82) is 0 Å². The zero-order valence-electron chi connectivity index (χ0n) is 17.9. The molecule has 0 radical (unpaired) electrons. The fourth-order valence-corrected chi connectivity index (χ4v) is 3.41. The van der Waals surface area contributed by atoms with E-state index in [4.69, 9.17) is 9.26 Å². The number of aromatic nitrogens is 3. The van der Waals surface area contributed by atoms with Crippen LogP contribution in [0.15, 0.2) is 47.0 Å². The molecule has 0 saturated carbocycles. The molecule has 2 amide bonds. The molecule has 0 aliphatic carbocycles. The van der Waals surface area contributed by atoms with Gasteiger partial charge in [-0.15, -0.1) is 10.2 Å². The van der Waals surface area contributed by atoms with Gasteiger partial charge in [-0.1, -0.05) is 17.3 Å². The summed E-state index contributed by atoms with van der Waals surface area (Å²) >= 11 is 0. The van der Waals surface area contributed by atoms with E-state index in [0.29, 0.717) is 24.7 Å². The van der Waals surface area contributed by atoms with Crippen LogP contribution in [0.25, 0.3) is 0 Å². The lowest BCUT2D eigenvalue weighted by Crippen LogP contribution is -2.49. The lowest BCUT2D eigenvalue weighted by molar-refractivity contribution is -0.138. The Bertz CT molecular complexity index is 1170. The molecule has 0 spiro atoms. The van der Waals surface area contributed by atoms with E-state index in [9.17, 15) is 22.8 Å². The Morgan fingerprint density at radius 2 is 1.79 bits per heavy atom. The topological polar surface area (TPSA) is 114 Å². The summed E-state index contributed by atoms with van der Waals surface area (Å²) in [5, 5.41) is 13.9. The normalized spacial score (nSPS) is 14.1. The van der Waals surface area contributed by atoms with Gasteiger partial charge in [0.05, 0.1) is 11.1 Å². The number of nitrogens with one attached hydrogen (secondary N) is 1. The molecular weight excluding hydrogens is 457 g/mol. The number of benzene rings is 1. The average molecular weight is 476 g/mol. The number of alkyl halides is 3. The molecule has 34 heavy (non-hydrogen) atoms. The first-order chi connectivity index (χ1) is 16.2. The fraction of sp³-hybridized carbons (Fsp3) is 0.286. The highest BCUT2D eigenvalue weighted by Gasteiger charge is 2.36. The van der Waals surface area contributed by atoms with Gasteiger partial charge in [-0.2, -0.15) is 13.2 Å². The second-order valence-corrected chi connectivity index (χ2v) is 7.39. The molecule has 178 valence electrons. The number of anilines is 2. The van der Waals surface area contributed by atoms with Gasteiger partial charge in [0.2, 0.25) is 5.88 Å². The van der Waals surface area contributed by atoms with Crippen LogP contribution in [-0.4, -0.2) is 58.4 Å². The molecule has 1 aromatic carbocycles. The van der Waals surface area contributed by atoms with Crippen molar-refractivity contribution in [2.75, 3.05) is 36.4 Å². The molecule has 1 aliphatic heterocycles. The lowest BCUT2D eigenvalue weighted by Gasteiger charge is -2.35. The van der Waals surface area contributed by atoms with E-state index in [-0.39, 0.29) is 30.4 Å². The number of carbonyl (C=O) groups is 2. The molecule has 0 bridgehead atoms. The van der Waals surface area contributed by atoms with Crippen LogP contribution >= 0.6 is 0 Å². The van der Waals surface area contributed by atoms with Crippen molar-refractivity contribution in [1.82, 2.24) is 20.3 Å².